The molecule has 0 radical (unpaired) electrons. The van der Waals surface area contributed by atoms with Crippen LogP contribution in [-0.4, -0.2) is 11.1 Å². The molecule has 3 rings (SSSR count). The standard InChI is InChI=1S/C15H14O2/c1-15(6-7-15)13-5-4-10-8-12(14(16)17)3-2-11(10)9-13/h2-5,8-9H,6-7H2,1H3,(H,16,17). The Balaban J connectivity index is 2.12. The molecule has 1 saturated carbocycles. The first-order valence-electron chi connectivity index (χ1n) is 5.86. The molecule has 0 heterocycles. The number of benzene rings is 2. The van der Waals surface area contributed by atoms with Crippen LogP contribution in [0.15, 0.2) is 36.4 Å². The van der Waals surface area contributed by atoms with E-state index in [1.807, 2.05) is 12.1 Å². The van der Waals surface area contributed by atoms with Crippen molar-refractivity contribution in [3.8, 4) is 0 Å². The molecule has 1 aliphatic carbocycles. The summed E-state index contributed by atoms with van der Waals surface area (Å²) in [7, 11) is 0. The normalized spacial score (nSPS) is 17.0. The molecular weight excluding hydrogens is 212 g/mol. The second kappa shape index (κ2) is 3.33. The largest absolute Gasteiger partial charge is 0.478 e. The zero-order valence-corrected chi connectivity index (χ0v) is 9.73. The second-order valence-electron chi connectivity index (χ2n) is 5.14. The molecule has 2 aromatic carbocycles. The van der Waals surface area contributed by atoms with Gasteiger partial charge in [-0.05, 0) is 46.7 Å². The maximum absolute atomic E-state index is 10.9. The van der Waals surface area contributed by atoms with Crippen LogP contribution in [0.5, 0.6) is 0 Å². The lowest BCUT2D eigenvalue weighted by molar-refractivity contribution is 0.0697. The average molecular weight is 226 g/mol. The third kappa shape index (κ3) is 1.70. The van der Waals surface area contributed by atoms with Crippen LogP contribution >= 0.6 is 0 Å². The highest BCUT2D eigenvalue weighted by atomic mass is 16.4. The summed E-state index contributed by atoms with van der Waals surface area (Å²) in [5.41, 5.74) is 2.08. The first kappa shape index (κ1) is 10.3. The van der Waals surface area contributed by atoms with E-state index in [0.717, 1.165) is 10.8 Å². The molecule has 2 nitrogen and oxygen atoms in total. The predicted octanol–water partition coefficient (Wildman–Crippen LogP) is 3.59. The highest BCUT2D eigenvalue weighted by molar-refractivity contribution is 5.94. The number of fused-ring (bicyclic) bond motifs is 1. The van der Waals surface area contributed by atoms with Crippen LogP contribution < -0.4 is 0 Å². The van der Waals surface area contributed by atoms with E-state index in [2.05, 4.69) is 19.1 Å². The monoisotopic (exact) mass is 226 g/mol. The van der Waals surface area contributed by atoms with Crippen molar-refractivity contribution < 1.29 is 9.90 Å². The smallest absolute Gasteiger partial charge is 0.335 e. The Labute approximate surface area is 99.9 Å². The minimum absolute atomic E-state index is 0.350. The van der Waals surface area contributed by atoms with Crippen LogP contribution in [0.1, 0.15) is 35.7 Å². The second-order valence-corrected chi connectivity index (χ2v) is 5.14. The Bertz CT molecular complexity index is 609. The Morgan fingerprint density at radius 1 is 1.12 bits per heavy atom. The number of hydrogen-bond acceptors (Lipinski definition) is 1. The summed E-state index contributed by atoms with van der Waals surface area (Å²) in [5.74, 6) is -0.870. The fourth-order valence-corrected chi connectivity index (χ4v) is 2.23. The number of carbonyl (C=O) groups is 1. The minimum Gasteiger partial charge on any atom is -0.478 e. The molecule has 1 aliphatic rings. The van der Waals surface area contributed by atoms with Gasteiger partial charge in [-0.15, -0.1) is 0 Å². The summed E-state index contributed by atoms with van der Waals surface area (Å²) >= 11 is 0. The third-order valence-corrected chi connectivity index (χ3v) is 3.78. The Hall–Kier alpha value is -1.83. The van der Waals surface area contributed by atoms with Gasteiger partial charge in [0.1, 0.15) is 0 Å². The van der Waals surface area contributed by atoms with E-state index in [1.54, 1.807) is 12.1 Å². The predicted molar refractivity (Wildman–Crippen MR) is 67.5 cm³/mol. The number of hydrogen-bond donors (Lipinski definition) is 1. The van der Waals surface area contributed by atoms with Gasteiger partial charge in [-0.2, -0.15) is 0 Å². The van der Waals surface area contributed by atoms with Crippen molar-refractivity contribution in [3.63, 3.8) is 0 Å². The lowest BCUT2D eigenvalue weighted by Crippen LogP contribution is -1.99. The van der Waals surface area contributed by atoms with Crippen LogP contribution in [0.3, 0.4) is 0 Å². The summed E-state index contributed by atoms with van der Waals surface area (Å²) in [6.45, 7) is 2.28. The van der Waals surface area contributed by atoms with E-state index in [4.69, 9.17) is 5.11 Å². The molecule has 0 spiro atoms. The Morgan fingerprint density at radius 3 is 2.41 bits per heavy atom. The van der Waals surface area contributed by atoms with E-state index in [1.165, 1.54) is 18.4 Å². The van der Waals surface area contributed by atoms with Gasteiger partial charge in [0.15, 0.2) is 0 Å². The molecule has 17 heavy (non-hydrogen) atoms. The molecule has 0 amide bonds. The van der Waals surface area contributed by atoms with Crippen molar-refractivity contribution in [2.45, 2.75) is 25.2 Å². The van der Waals surface area contributed by atoms with Gasteiger partial charge >= 0.3 is 5.97 Å². The van der Waals surface area contributed by atoms with E-state index >= 15 is 0 Å². The van der Waals surface area contributed by atoms with E-state index < -0.39 is 5.97 Å². The highest BCUT2D eigenvalue weighted by Crippen LogP contribution is 2.48. The SMILES string of the molecule is CC1(c2ccc3cc(C(=O)O)ccc3c2)CC1. The Morgan fingerprint density at radius 2 is 1.76 bits per heavy atom. The van der Waals surface area contributed by atoms with Gasteiger partial charge in [0.25, 0.3) is 0 Å². The first-order valence-corrected chi connectivity index (χ1v) is 5.86. The van der Waals surface area contributed by atoms with Crippen LogP contribution in [-0.2, 0) is 5.41 Å². The molecule has 86 valence electrons. The average Bonchev–Trinajstić information content (AvgIpc) is 3.07. The molecule has 1 N–H and O–H groups in total. The van der Waals surface area contributed by atoms with Crippen molar-refractivity contribution in [2.75, 3.05) is 0 Å². The number of aromatic carboxylic acids is 1. The van der Waals surface area contributed by atoms with Crippen molar-refractivity contribution in [3.05, 3.63) is 47.5 Å². The van der Waals surface area contributed by atoms with Gasteiger partial charge in [-0.25, -0.2) is 4.79 Å². The van der Waals surface area contributed by atoms with Crippen LogP contribution in [0.2, 0.25) is 0 Å². The van der Waals surface area contributed by atoms with Gasteiger partial charge in [-0.3, -0.25) is 0 Å². The summed E-state index contributed by atoms with van der Waals surface area (Å²) in [5, 5.41) is 11.1. The van der Waals surface area contributed by atoms with Gasteiger partial charge in [0.05, 0.1) is 5.56 Å². The molecule has 2 heteroatoms. The molecule has 2 aromatic rings. The fourth-order valence-electron chi connectivity index (χ4n) is 2.23. The summed E-state index contributed by atoms with van der Waals surface area (Å²) in [6.07, 6.45) is 2.51. The number of carboxylic acids is 1. The number of carboxylic acid groups (broad SMARTS) is 1. The summed E-state index contributed by atoms with van der Waals surface area (Å²) in [6, 6.07) is 11.6. The van der Waals surface area contributed by atoms with Crippen molar-refractivity contribution in [2.24, 2.45) is 0 Å². The molecule has 0 atom stereocenters. The van der Waals surface area contributed by atoms with Crippen LogP contribution in [0.4, 0.5) is 0 Å². The minimum atomic E-state index is -0.870. The highest BCUT2D eigenvalue weighted by Gasteiger charge is 2.38. The van der Waals surface area contributed by atoms with Gasteiger partial charge in [0, 0.05) is 0 Å². The molecule has 0 unspecified atom stereocenters. The van der Waals surface area contributed by atoms with Crippen molar-refractivity contribution in [1.82, 2.24) is 0 Å². The fraction of sp³-hybridized carbons (Fsp3) is 0.267. The van der Waals surface area contributed by atoms with E-state index in [-0.39, 0.29) is 0 Å². The Kier molecular flexibility index (Phi) is 2.02. The topological polar surface area (TPSA) is 37.3 Å². The molecule has 1 fully saturated rings. The molecule has 0 aliphatic heterocycles. The van der Waals surface area contributed by atoms with Gasteiger partial charge in [-0.1, -0.05) is 31.2 Å². The summed E-state index contributed by atoms with van der Waals surface area (Å²) < 4.78 is 0. The molecule has 0 saturated heterocycles. The first-order chi connectivity index (χ1) is 8.08. The van der Waals surface area contributed by atoms with Crippen molar-refractivity contribution >= 4 is 16.7 Å². The maximum atomic E-state index is 10.9. The summed E-state index contributed by atoms with van der Waals surface area (Å²) in [4.78, 5) is 10.9. The van der Waals surface area contributed by atoms with Crippen molar-refractivity contribution in [1.29, 1.82) is 0 Å². The number of rotatable bonds is 2. The maximum Gasteiger partial charge on any atom is 0.335 e. The quantitative estimate of drug-likeness (QED) is 0.849. The molecular formula is C15H14O2. The third-order valence-electron chi connectivity index (χ3n) is 3.78. The lowest BCUT2D eigenvalue weighted by Gasteiger charge is -2.10. The molecule has 0 bridgehead atoms. The molecule has 0 aromatic heterocycles. The zero-order valence-electron chi connectivity index (χ0n) is 9.73. The van der Waals surface area contributed by atoms with Crippen LogP contribution in [0, 0.1) is 0 Å². The van der Waals surface area contributed by atoms with Crippen LogP contribution in [0.25, 0.3) is 10.8 Å². The lowest BCUT2D eigenvalue weighted by atomic mass is 9.95. The van der Waals surface area contributed by atoms with E-state index in [9.17, 15) is 4.79 Å². The van der Waals surface area contributed by atoms with Gasteiger partial charge < -0.3 is 5.11 Å². The van der Waals surface area contributed by atoms with E-state index in [0.29, 0.717) is 11.0 Å². The zero-order chi connectivity index (χ0) is 12.0. The van der Waals surface area contributed by atoms with Gasteiger partial charge in [0.2, 0.25) is 0 Å².